The number of thiocarbonyl (C=S) groups is 1. The maximum absolute atomic E-state index is 5.53. The molecule has 0 spiro atoms. The predicted octanol–water partition coefficient (Wildman–Crippen LogP) is 5.28. The van der Waals surface area contributed by atoms with E-state index in [1.165, 1.54) is 22.3 Å². The molecule has 4 nitrogen and oxygen atoms in total. The summed E-state index contributed by atoms with van der Waals surface area (Å²) in [7, 11) is 0. The van der Waals surface area contributed by atoms with Crippen LogP contribution in [0, 0.1) is 34.6 Å². The number of nitrogens with zero attached hydrogens (tertiary/aromatic N) is 2. The van der Waals surface area contributed by atoms with Gasteiger partial charge in [0.2, 0.25) is 0 Å². The molecular weight excluding hydrogens is 352 g/mol. The number of aromatic nitrogens is 2. The molecule has 1 aromatic heterocycles. The van der Waals surface area contributed by atoms with Crippen molar-refractivity contribution in [2.75, 3.05) is 10.6 Å². The first kappa shape index (κ1) is 19.1. The fourth-order valence-corrected chi connectivity index (χ4v) is 3.26. The Labute approximate surface area is 166 Å². The molecule has 0 aliphatic heterocycles. The van der Waals surface area contributed by atoms with Gasteiger partial charge in [-0.3, -0.25) is 4.68 Å². The van der Waals surface area contributed by atoms with Crippen molar-refractivity contribution in [1.82, 2.24) is 9.78 Å². The van der Waals surface area contributed by atoms with Crippen molar-refractivity contribution in [2.45, 2.75) is 41.2 Å². The van der Waals surface area contributed by atoms with Crippen LogP contribution in [-0.2, 0) is 6.54 Å². The first-order valence-corrected chi connectivity index (χ1v) is 9.49. The maximum atomic E-state index is 5.53. The molecule has 0 saturated heterocycles. The maximum Gasteiger partial charge on any atom is 0.175 e. The summed E-state index contributed by atoms with van der Waals surface area (Å²) in [6.07, 6.45) is 0. The molecule has 0 saturated carbocycles. The lowest BCUT2D eigenvalue weighted by atomic mass is 10.1. The normalized spacial score (nSPS) is 10.7. The Hall–Kier alpha value is -2.66. The van der Waals surface area contributed by atoms with Crippen molar-refractivity contribution in [3.8, 4) is 0 Å². The Bertz CT molecular complexity index is 971. The highest BCUT2D eigenvalue weighted by atomic mass is 32.1. The highest BCUT2D eigenvalue weighted by Gasteiger charge is 2.13. The van der Waals surface area contributed by atoms with Crippen LogP contribution in [0.3, 0.4) is 0 Å². The predicted molar refractivity (Wildman–Crippen MR) is 118 cm³/mol. The first-order chi connectivity index (χ1) is 12.8. The van der Waals surface area contributed by atoms with Crippen LogP contribution in [0.25, 0.3) is 0 Å². The van der Waals surface area contributed by atoms with Crippen molar-refractivity contribution in [2.24, 2.45) is 0 Å². The third-order valence-electron chi connectivity index (χ3n) is 4.93. The summed E-state index contributed by atoms with van der Waals surface area (Å²) in [5.74, 6) is 0. The number of benzene rings is 2. The smallest absolute Gasteiger partial charge is 0.175 e. The number of hydrogen-bond donors (Lipinski definition) is 2. The zero-order chi connectivity index (χ0) is 19.6. The van der Waals surface area contributed by atoms with Crippen LogP contribution in [0.5, 0.6) is 0 Å². The molecule has 0 amide bonds. The van der Waals surface area contributed by atoms with E-state index in [4.69, 9.17) is 12.2 Å². The molecule has 2 aromatic carbocycles. The molecule has 0 aliphatic carbocycles. The Morgan fingerprint density at radius 2 is 1.67 bits per heavy atom. The third-order valence-corrected chi connectivity index (χ3v) is 5.13. The molecule has 27 heavy (non-hydrogen) atoms. The van der Waals surface area contributed by atoms with Gasteiger partial charge in [-0.2, -0.15) is 5.10 Å². The van der Waals surface area contributed by atoms with Gasteiger partial charge in [0.1, 0.15) is 0 Å². The molecule has 0 bridgehead atoms. The third kappa shape index (κ3) is 4.37. The zero-order valence-electron chi connectivity index (χ0n) is 16.6. The molecule has 1 heterocycles. The van der Waals surface area contributed by atoms with Gasteiger partial charge in [-0.25, -0.2) is 0 Å². The second kappa shape index (κ2) is 7.92. The Kier molecular flexibility index (Phi) is 5.61. The minimum absolute atomic E-state index is 0.574. The number of nitrogens with one attached hydrogen (secondary N) is 2. The molecule has 0 aliphatic rings. The Morgan fingerprint density at radius 1 is 0.963 bits per heavy atom. The molecule has 0 radical (unpaired) electrons. The van der Waals surface area contributed by atoms with Crippen LogP contribution >= 0.6 is 12.2 Å². The van der Waals surface area contributed by atoms with Crippen LogP contribution in [-0.4, -0.2) is 14.9 Å². The molecule has 0 fully saturated rings. The molecule has 0 atom stereocenters. The van der Waals surface area contributed by atoms with Gasteiger partial charge in [0.05, 0.1) is 23.6 Å². The van der Waals surface area contributed by atoms with Crippen molar-refractivity contribution >= 4 is 28.7 Å². The van der Waals surface area contributed by atoms with Gasteiger partial charge in [0, 0.05) is 5.69 Å². The summed E-state index contributed by atoms with van der Waals surface area (Å²) in [6, 6.07) is 14.7. The van der Waals surface area contributed by atoms with E-state index < -0.39 is 0 Å². The fourth-order valence-electron chi connectivity index (χ4n) is 3.05. The number of rotatable bonds is 4. The Morgan fingerprint density at radius 3 is 2.37 bits per heavy atom. The molecule has 5 heteroatoms. The lowest BCUT2D eigenvalue weighted by Crippen LogP contribution is -2.20. The minimum Gasteiger partial charge on any atom is -0.332 e. The molecule has 3 aromatic rings. The van der Waals surface area contributed by atoms with Gasteiger partial charge >= 0.3 is 0 Å². The van der Waals surface area contributed by atoms with Crippen LogP contribution in [0.15, 0.2) is 42.5 Å². The SMILES string of the molecule is Cc1ccc(Cn2nc(C)c(NC(=S)Nc3cccc(C)c3C)c2C)cc1. The largest absolute Gasteiger partial charge is 0.332 e. The lowest BCUT2D eigenvalue weighted by molar-refractivity contribution is 0.659. The summed E-state index contributed by atoms with van der Waals surface area (Å²) in [5, 5.41) is 11.9. The van der Waals surface area contributed by atoms with E-state index in [1.807, 2.05) is 23.7 Å². The van der Waals surface area contributed by atoms with E-state index in [0.717, 1.165) is 29.3 Å². The molecule has 2 N–H and O–H groups in total. The average molecular weight is 379 g/mol. The average Bonchev–Trinajstić information content (AvgIpc) is 2.88. The number of aryl methyl sites for hydroxylation is 3. The Balaban J connectivity index is 1.75. The summed E-state index contributed by atoms with van der Waals surface area (Å²) < 4.78 is 2.02. The van der Waals surface area contributed by atoms with E-state index in [2.05, 4.69) is 73.8 Å². The van der Waals surface area contributed by atoms with Gasteiger partial charge in [-0.1, -0.05) is 42.0 Å². The first-order valence-electron chi connectivity index (χ1n) is 9.09. The topological polar surface area (TPSA) is 41.9 Å². The highest BCUT2D eigenvalue weighted by Crippen LogP contribution is 2.22. The van der Waals surface area contributed by atoms with Gasteiger partial charge in [0.15, 0.2) is 5.11 Å². The minimum atomic E-state index is 0.574. The summed E-state index contributed by atoms with van der Waals surface area (Å²) in [6.45, 7) is 11.1. The number of anilines is 2. The van der Waals surface area contributed by atoms with E-state index >= 15 is 0 Å². The van der Waals surface area contributed by atoms with Crippen molar-refractivity contribution in [3.05, 3.63) is 76.1 Å². The second-order valence-electron chi connectivity index (χ2n) is 7.02. The summed E-state index contributed by atoms with van der Waals surface area (Å²) >= 11 is 5.53. The standard InChI is InChI=1S/C22H26N4S/c1-14-9-11-19(12-10-14)13-26-18(5)21(17(4)25-26)24-22(27)23-20-8-6-7-15(2)16(20)3/h6-12H,13H2,1-5H3,(H2,23,24,27). The monoisotopic (exact) mass is 378 g/mol. The molecular formula is C22H26N4S. The van der Waals surface area contributed by atoms with E-state index in [0.29, 0.717) is 5.11 Å². The highest BCUT2D eigenvalue weighted by molar-refractivity contribution is 7.80. The van der Waals surface area contributed by atoms with Gasteiger partial charge in [-0.15, -0.1) is 0 Å². The van der Waals surface area contributed by atoms with Crippen molar-refractivity contribution in [3.63, 3.8) is 0 Å². The van der Waals surface area contributed by atoms with Gasteiger partial charge in [-0.05, 0) is 69.6 Å². The number of hydrogen-bond acceptors (Lipinski definition) is 2. The summed E-state index contributed by atoms with van der Waals surface area (Å²) in [5.41, 5.74) is 8.92. The van der Waals surface area contributed by atoms with Crippen LogP contribution < -0.4 is 10.6 Å². The summed E-state index contributed by atoms with van der Waals surface area (Å²) in [4.78, 5) is 0. The van der Waals surface area contributed by atoms with Crippen molar-refractivity contribution in [1.29, 1.82) is 0 Å². The van der Waals surface area contributed by atoms with Crippen molar-refractivity contribution < 1.29 is 0 Å². The van der Waals surface area contributed by atoms with Gasteiger partial charge < -0.3 is 10.6 Å². The lowest BCUT2D eigenvalue weighted by Gasteiger charge is -2.14. The molecule has 3 rings (SSSR count). The molecule has 140 valence electrons. The fraction of sp³-hybridized carbons (Fsp3) is 0.273. The second-order valence-corrected chi connectivity index (χ2v) is 7.42. The van der Waals surface area contributed by atoms with Gasteiger partial charge in [0.25, 0.3) is 0 Å². The van der Waals surface area contributed by atoms with E-state index in [-0.39, 0.29) is 0 Å². The van der Waals surface area contributed by atoms with E-state index in [1.54, 1.807) is 0 Å². The molecule has 0 unspecified atom stereocenters. The van der Waals surface area contributed by atoms with Crippen LogP contribution in [0.4, 0.5) is 11.4 Å². The van der Waals surface area contributed by atoms with Crippen LogP contribution in [0.2, 0.25) is 0 Å². The van der Waals surface area contributed by atoms with E-state index in [9.17, 15) is 0 Å². The zero-order valence-corrected chi connectivity index (χ0v) is 17.4. The quantitative estimate of drug-likeness (QED) is 0.606. The van der Waals surface area contributed by atoms with Crippen LogP contribution in [0.1, 0.15) is 33.6 Å².